The highest BCUT2D eigenvalue weighted by molar-refractivity contribution is 5.84. The van der Waals surface area contributed by atoms with Gasteiger partial charge in [-0.15, -0.1) is 0 Å². The molecule has 0 spiro atoms. The van der Waals surface area contributed by atoms with Crippen LogP contribution >= 0.6 is 0 Å². The van der Waals surface area contributed by atoms with Crippen molar-refractivity contribution in [1.29, 1.82) is 0 Å². The molecule has 0 saturated carbocycles. The maximum atomic E-state index is 13.0. The lowest BCUT2D eigenvalue weighted by Gasteiger charge is -2.36. The van der Waals surface area contributed by atoms with E-state index in [0.29, 0.717) is 18.8 Å². The van der Waals surface area contributed by atoms with Gasteiger partial charge < -0.3 is 19.3 Å². The Kier molecular flexibility index (Phi) is 6.36. The lowest BCUT2D eigenvalue weighted by atomic mass is 10.1. The molecule has 1 amide bonds. The molecular formula is C22H25FN2O4. The van der Waals surface area contributed by atoms with E-state index in [1.165, 1.54) is 24.3 Å². The Morgan fingerprint density at radius 1 is 0.966 bits per heavy atom. The first kappa shape index (κ1) is 20.6. The Hall–Kier alpha value is -3.09. The third kappa shape index (κ3) is 5.47. The molecule has 154 valence electrons. The summed E-state index contributed by atoms with van der Waals surface area (Å²) in [6.45, 7) is 5.34. The Morgan fingerprint density at radius 3 is 2.21 bits per heavy atom. The fourth-order valence-corrected chi connectivity index (χ4v) is 3.08. The number of hydrogen-bond donors (Lipinski definition) is 0. The lowest BCUT2D eigenvalue weighted by Crippen LogP contribution is -2.50. The molecular weight excluding hydrogens is 375 g/mol. The Balaban J connectivity index is 1.46. The van der Waals surface area contributed by atoms with E-state index in [0.717, 1.165) is 18.8 Å². The molecule has 3 rings (SSSR count). The van der Waals surface area contributed by atoms with Crippen molar-refractivity contribution < 1.29 is 23.5 Å². The molecule has 29 heavy (non-hydrogen) atoms. The van der Waals surface area contributed by atoms with E-state index in [2.05, 4.69) is 4.90 Å². The zero-order valence-corrected chi connectivity index (χ0v) is 16.6. The average Bonchev–Trinajstić information content (AvgIpc) is 2.74. The van der Waals surface area contributed by atoms with Gasteiger partial charge in [-0.25, -0.2) is 9.18 Å². The van der Waals surface area contributed by atoms with Crippen molar-refractivity contribution in [1.82, 2.24) is 4.90 Å². The first-order valence-corrected chi connectivity index (χ1v) is 9.55. The maximum Gasteiger partial charge on any atom is 0.350 e. The second-order valence-electron chi connectivity index (χ2n) is 7.35. The minimum Gasteiger partial charge on any atom is -0.476 e. The third-order valence-electron chi connectivity index (χ3n) is 4.76. The number of hydrogen-bond acceptors (Lipinski definition) is 5. The van der Waals surface area contributed by atoms with E-state index >= 15 is 0 Å². The van der Waals surface area contributed by atoms with Crippen molar-refractivity contribution in [3.63, 3.8) is 0 Å². The van der Waals surface area contributed by atoms with Crippen LogP contribution in [0.2, 0.25) is 0 Å². The van der Waals surface area contributed by atoms with Crippen molar-refractivity contribution in [2.75, 3.05) is 37.7 Å². The molecule has 6 nitrogen and oxygen atoms in total. The quantitative estimate of drug-likeness (QED) is 0.698. The number of amides is 1. The van der Waals surface area contributed by atoms with E-state index in [1.807, 2.05) is 30.3 Å². The molecule has 1 aliphatic rings. The number of esters is 1. The summed E-state index contributed by atoms with van der Waals surface area (Å²) in [6.07, 6.45) is 0. The van der Waals surface area contributed by atoms with Gasteiger partial charge in [-0.1, -0.05) is 18.2 Å². The lowest BCUT2D eigenvalue weighted by molar-refractivity contribution is -0.164. The van der Waals surface area contributed by atoms with Crippen LogP contribution in [0, 0.1) is 5.82 Å². The van der Waals surface area contributed by atoms with Gasteiger partial charge in [-0.05, 0) is 50.2 Å². The summed E-state index contributed by atoms with van der Waals surface area (Å²) in [5.74, 6) is -0.936. The zero-order valence-electron chi connectivity index (χ0n) is 16.6. The van der Waals surface area contributed by atoms with Crippen LogP contribution in [0.25, 0.3) is 0 Å². The van der Waals surface area contributed by atoms with Crippen LogP contribution < -0.4 is 9.64 Å². The van der Waals surface area contributed by atoms with Gasteiger partial charge in [0.2, 0.25) is 0 Å². The van der Waals surface area contributed by atoms with Crippen LogP contribution in [0.4, 0.5) is 10.1 Å². The van der Waals surface area contributed by atoms with Crippen LogP contribution in [0.3, 0.4) is 0 Å². The molecule has 1 saturated heterocycles. The zero-order chi connectivity index (χ0) is 20.9. The molecule has 1 aliphatic heterocycles. The molecule has 2 aromatic rings. The smallest absolute Gasteiger partial charge is 0.350 e. The molecule has 0 aromatic heterocycles. The number of carbonyl (C=O) groups excluding carboxylic acids is 2. The molecule has 0 bridgehead atoms. The number of piperazine rings is 1. The molecule has 0 unspecified atom stereocenters. The predicted octanol–water partition coefficient (Wildman–Crippen LogP) is 2.88. The Bertz CT molecular complexity index is 832. The molecule has 0 N–H and O–H groups in total. The van der Waals surface area contributed by atoms with Gasteiger partial charge in [0, 0.05) is 31.9 Å². The van der Waals surface area contributed by atoms with Crippen LogP contribution in [-0.2, 0) is 14.3 Å². The Labute approximate surface area is 169 Å². The molecule has 0 aliphatic carbocycles. The number of rotatable bonds is 6. The van der Waals surface area contributed by atoms with E-state index in [-0.39, 0.29) is 12.5 Å². The van der Waals surface area contributed by atoms with Crippen LogP contribution in [-0.4, -0.2) is 55.2 Å². The summed E-state index contributed by atoms with van der Waals surface area (Å²) in [6, 6.07) is 15.4. The molecule has 0 atom stereocenters. The van der Waals surface area contributed by atoms with Gasteiger partial charge in [0.15, 0.2) is 12.2 Å². The van der Waals surface area contributed by atoms with Crippen molar-refractivity contribution in [2.45, 2.75) is 19.4 Å². The largest absolute Gasteiger partial charge is 0.476 e. The molecule has 1 fully saturated rings. The van der Waals surface area contributed by atoms with Crippen LogP contribution in [0.15, 0.2) is 54.6 Å². The third-order valence-corrected chi connectivity index (χ3v) is 4.76. The normalized spacial score (nSPS) is 14.4. The highest BCUT2D eigenvalue weighted by Gasteiger charge is 2.33. The van der Waals surface area contributed by atoms with Crippen molar-refractivity contribution >= 4 is 17.6 Å². The molecule has 7 heteroatoms. The summed E-state index contributed by atoms with van der Waals surface area (Å²) in [7, 11) is 0. The summed E-state index contributed by atoms with van der Waals surface area (Å²) in [4.78, 5) is 28.7. The van der Waals surface area contributed by atoms with E-state index in [1.54, 1.807) is 18.7 Å². The summed E-state index contributed by atoms with van der Waals surface area (Å²) < 4.78 is 23.8. The number of ether oxygens (including phenoxy) is 2. The van der Waals surface area contributed by atoms with Gasteiger partial charge >= 0.3 is 5.97 Å². The van der Waals surface area contributed by atoms with E-state index in [9.17, 15) is 14.0 Å². The molecule has 1 heterocycles. The highest BCUT2D eigenvalue weighted by Crippen LogP contribution is 2.20. The number of nitrogens with zero attached hydrogens (tertiary/aromatic N) is 2. The minimum atomic E-state index is -1.30. The second kappa shape index (κ2) is 8.94. The highest BCUT2D eigenvalue weighted by atomic mass is 19.1. The first-order valence-electron chi connectivity index (χ1n) is 9.55. The van der Waals surface area contributed by atoms with Gasteiger partial charge in [0.05, 0.1) is 0 Å². The van der Waals surface area contributed by atoms with Gasteiger partial charge in [-0.3, -0.25) is 4.79 Å². The second-order valence-corrected chi connectivity index (χ2v) is 7.35. The Morgan fingerprint density at radius 2 is 1.59 bits per heavy atom. The SMILES string of the molecule is CC(C)(Oc1ccc(F)cc1)C(=O)OCC(=O)N1CCN(c2ccccc2)CC1. The summed E-state index contributed by atoms with van der Waals surface area (Å²) in [5.41, 5.74) is -0.171. The van der Waals surface area contributed by atoms with Crippen molar-refractivity contribution in [3.05, 3.63) is 60.4 Å². The van der Waals surface area contributed by atoms with Crippen LogP contribution in [0.1, 0.15) is 13.8 Å². The summed E-state index contributed by atoms with van der Waals surface area (Å²) >= 11 is 0. The number of para-hydroxylation sites is 1. The topological polar surface area (TPSA) is 59.1 Å². The molecule has 2 aromatic carbocycles. The monoisotopic (exact) mass is 400 g/mol. The maximum absolute atomic E-state index is 13.0. The van der Waals surface area contributed by atoms with E-state index in [4.69, 9.17) is 9.47 Å². The molecule has 0 radical (unpaired) electrons. The van der Waals surface area contributed by atoms with Gasteiger partial charge in [0.1, 0.15) is 11.6 Å². The fraction of sp³-hybridized carbons (Fsp3) is 0.364. The number of benzene rings is 2. The van der Waals surface area contributed by atoms with Gasteiger partial charge in [0.25, 0.3) is 5.91 Å². The van der Waals surface area contributed by atoms with Gasteiger partial charge in [-0.2, -0.15) is 0 Å². The van der Waals surface area contributed by atoms with Crippen LogP contribution in [0.5, 0.6) is 5.75 Å². The average molecular weight is 400 g/mol. The standard InChI is InChI=1S/C22H25FN2O4/c1-22(2,29-19-10-8-17(23)9-11-19)21(27)28-16-20(26)25-14-12-24(13-15-25)18-6-4-3-5-7-18/h3-11H,12-16H2,1-2H3. The van der Waals surface area contributed by atoms with E-state index < -0.39 is 17.4 Å². The number of anilines is 1. The number of halogens is 1. The van der Waals surface area contributed by atoms with Crippen molar-refractivity contribution in [3.8, 4) is 5.75 Å². The first-order chi connectivity index (χ1) is 13.8. The minimum absolute atomic E-state index is 0.233. The summed E-state index contributed by atoms with van der Waals surface area (Å²) in [5, 5.41) is 0. The number of carbonyl (C=O) groups is 2. The fourth-order valence-electron chi connectivity index (χ4n) is 3.08. The van der Waals surface area contributed by atoms with Crippen molar-refractivity contribution in [2.24, 2.45) is 0 Å². The predicted molar refractivity (Wildman–Crippen MR) is 107 cm³/mol.